The van der Waals surface area contributed by atoms with E-state index in [-0.39, 0.29) is 16.7 Å². The first-order chi connectivity index (χ1) is 8.95. The van der Waals surface area contributed by atoms with E-state index in [1.54, 1.807) is 0 Å². The second-order valence-corrected chi connectivity index (χ2v) is 6.15. The number of halogens is 1. The van der Waals surface area contributed by atoms with Crippen LogP contribution in [0.1, 0.15) is 25.0 Å². The van der Waals surface area contributed by atoms with E-state index in [1.165, 1.54) is 24.9 Å². The summed E-state index contributed by atoms with van der Waals surface area (Å²) >= 11 is 8.38. The number of aliphatic hydroxyl groups excluding tert-OH is 2. The van der Waals surface area contributed by atoms with Crippen LogP contribution >= 0.6 is 35.1 Å². The second-order valence-electron chi connectivity index (χ2n) is 3.74. The zero-order valence-electron chi connectivity index (χ0n) is 10.5. The summed E-state index contributed by atoms with van der Waals surface area (Å²) < 4.78 is 0. The summed E-state index contributed by atoms with van der Waals surface area (Å²) in [7, 11) is 0. The average Bonchev–Trinajstić information content (AvgIpc) is 2.37. The fourth-order valence-corrected chi connectivity index (χ4v) is 2.62. The van der Waals surface area contributed by atoms with Crippen molar-refractivity contribution in [2.75, 3.05) is 12.0 Å². The van der Waals surface area contributed by atoms with Crippen molar-refractivity contribution in [1.82, 2.24) is 9.97 Å². The quantitative estimate of drug-likeness (QED) is 0.470. The molecule has 1 aromatic rings. The summed E-state index contributed by atoms with van der Waals surface area (Å²) in [6, 6.07) is 0. The number of hydrogen-bond acceptors (Lipinski definition) is 7. The number of aromatic nitrogens is 2. The van der Waals surface area contributed by atoms with Gasteiger partial charge >= 0.3 is 0 Å². The van der Waals surface area contributed by atoms with E-state index in [0.29, 0.717) is 16.5 Å². The minimum atomic E-state index is -1.16. The van der Waals surface area contributed by atoms with Gasteiger partial charge in [0, 0.05) is 24.4 Å². The fraction of sp³-hybridized carbons (Fsp3) is 0.545. The minimum absolute atomic E-state index is 0.0209. The first-order valence-corrected chi connectivity index (χ1v) is 8.10. The average molecular weight is 323 g/mol. The molecule has 2 atom stereocenters. The SMILES string of the molecule is CSc1ncc(C(O)C(O)CCSC(C)=O)c(Cl)n1. The molecule has 0 aliphatic rings. The van der Waals surface area contributed by atoms with Crippen molar-refractivity contribution in [1.29, 1.82) is 0 Å². The van der Waals surface area contributed by atoms with Gasteiger partial charge in [-0.05, 0) is 12.7 Å². The van der Waals surface area contributed by atoms with Crippen molar-refractivity contribution < 1.29 is 15.0 Å². The maximum Gasteiger partial charge on any atom is 0.188 e. The van der Waals surface area contributed by atoms with E-state index >= 15 is 0 Å². The van der Waals surface area contributed by atoms with Crippen LogP contribution in [0.15, 0.2) is 11.4 Å². The number of nitrogens with zero attached hydrogens (tertiary/aromatic N) is 2. The van der Waals surface area contributed by atoms with Crippen molar-refractivity contribution in [2.24, 2.45) is 0 Å². The van der Waals surface area contributed by atoms with Crippen LogP contribution in [0.25, 0.3) is 0 Å². The first kappa shape index (κ1) is 16.7. The van der Waals surface area contributed by atoms with Crippen LogP contribution in [0.5, 0.6) is 0 Å². The van der Waals surface area contributed by atoms with Gasteiger partial charge in [0.2, 0.25) is 0 Å². The molecule has 0 spiro atoms. The van der Waals surface area contributed by atoms with Gasteiger partial charge in [-0.15, -0.1) is 0 Å². The Morgan fingerprint density at radius 2 is 2.21 bits per heavy atom. The second kappa shape index (κ2) is 8.06. The highest BCUT2D eigenvalue weighted by Gasteiger charge is 2.22. The molecule has 8 heteroatoms. The van der Waals surface area contributed by atoms with E-state index in [4.69, 9.17) is 11.6 Å². The van der Waals surface area contributed by atoms with Crippen LogP contribution in [-0.2, 0) is 4.79 Å². The van der Waals surface area contributed by atoms with Gasteiger partial charge in [-0.1, -0.05) is 35.1 Å². The summed E-state index contributed by atoms with van der Waals surface area (Å²) in [6.07, 6.45) is 1.35. The third kappa shape index (κ3) is 5.27. The Morgan fingerprint density at radius 3 is 2.74 bits per heavy atom. The number of carbonyl (C=O) groups excluding carboxylic acids is 1. The lowest BCUT2D eigenvalue weighted by Gasteiger charge is -2.18. The van der Waals surface area contributed by atoms with Gasteiger partial charge in [0.15, 0.2) is 10.3 Å². The lowest BCUT2D eigenvalue weighted by Crippen LogP contribution is -2.20. The predicted molar refractivity (Wildman–Crippen MR) is 77.5 cm³/mol. The molecule has 5 nitrogen and oxygen atoms in total. The highest BCUT2D eigenvalue weighted by atomic mass is 35.5. The van der Waals surface area contributed by atoms with Gasteiger partial charge in [0.25, 0.3) is 0 Å². The van der Waals surface area contributed by atoms with Crippen LogP contribution in [0, 0.1) is 0 Å². The normalized spacial score (nSPS) is 14.2. The van der Waals surface area contributed by atoms with E-state index in [1.807, 2.05) is 6.26 Å². The zero-order valence-corrected chi connectivity index (χ0v) is 12.9. The molecule has 2 unspecified atom stereocenters. The lowest BCUT2D eigenvalue weighted by molar-refractivity contribution is -0.109. The molecule has 0 aliphatic carbocycles. The molecule has 19 heavy (non-hydrogen) atoms. The highest BCUT2D eigenvalue weighted by molar-refractivity contribution is 8.13. The molecular weight excluding hydrogens is 308 g/mol. The summed E-state index contributed by atoms with van der Waals surface area (Å²) in [4.78, 5) is 18.8. The fourth-order valence-electron chi connectivity index (χ4n) is 1.34. The van der Waals surface area contributed by atoms with Gasteiger partial charge in [0.05, 0.1) is 6.10 Å². The standard InChI is InChI=1S/C11H15ClN2O3S2/c1-6(15)19-4-3-8(16)9(17)7-5-13-11(18-2)14-10(7)12/h5,8-9,16-17H,3-4H2,1-2H3. The maximum atomic E-state index is 10.8. The molecule has 0 bridgehead atoms. The molecule has 0 saturated heterocycles. The Morgan fingerprint density at radius 1 is 1.53 bits per heavy atom. The van der Waals surface area contributed by atoms with Gasteiger partial charge < -0.3 is 10.2 Å². The van der Waals surface area contributed by atoms with Crippen molar-refractivity contribution in [3.05, 3.63) is 16.9 Å². The molecule has 0 saturated carbocycles. The molecule has 1 heterocycles. The van der Waals surface area contributed by atoms with Crippen molar-refractivity contribution in [2.45, 2.75) is 30.7 Å². The molecule has 1 aromatic heterocycles. The summed E-state index contributed by atoms with van der Waals surface area (Å²) in [5.74, 6) is 0.439. The van der Waals surface area contributed by atoms with Gasteiger partial charge in [-0.25, -0.2) is 9.97 Å². The number of hydrogen-bond donors (Lipinski definition) is 2. The van der Waals surface area contributed by atoms with E-state index in [2.05, 4.69) is 9.97 Å². The molecule has 0 radical (unpaired) electrons. The summed E-state index contributed by atoms with van der Waals surface area (Å²) in [6.45, 7) is 1.46. The topological polar surface area (TPSA) is 83.3 Å². The monoisotopic (exact) mass is 322 g/mol. The molecule has 0 fully saturated rings. The largest absolute Gasteiger partial charge is 0.390 e. The third-order valence-electron chi connectivity index (χ3n) is 2.33. The molecule has 106 valence electrons. The molecular formula is C11H15ClN2O3S2. The van der Waals surface area contributed by atoms with Crippen LogP contribution in [0.4, 0.5) is 0 Å². The molecule has 1 rings (SSSR count). The Bertz CT molecular complexity index is 448. The highest BCUT2D eigenvalue weighted by Crippen LogP contribution is 2.26. The first-order valence-electron chi connectivity index (χ1n) is 5.51. The Hall–Kier alpha value is -0.340. The zero-order chi connectivity index (χ0) is 14.4. The number of rotatable bonds is 6. The predicted octanol–water partition coefficient (Wildman–Crippen LogP) is 1.92. The number of carbonyl (C=O) groups is 1. The molecule has 0 amide bonds. The maximum absolute atomic E-state index is 10.8. The summed E-state index contributed by atoms with van der Waals surface area (Å²) in [5.41, 5.74) is 0.291. The molecule has 0 aliphatic heterocycles. The van der Waals surface area contributed by atoms with Crippen molar-refractivity contribution in [3.8, 4) is 0 Å². The van der Waals surface area contributed by atoms with Gasteiger partial charge in [-0.3, -0.25) is 4.79 Å². The van der Waals surface area contributed by atoms with E-state index < -0.39 is 12.2 Å². The number of thioether (sulfide) groups is 2. The molecule has 0 aromatic carbocycles. The van der Waals surface area contributed by atoms with Crippen molar-refractivity contribution in [3.63, 3.8) is 0 Å². The van der Waals surface area contributed by atoms with Crippen molar-refractivity contribution >= 4 is 40.2 Å². The van der Waals surface area contributed by atoms with Gasteiger partial charge in [0.1, 0.15) is 11.3 Å². The van der Waals surface area contributed by atoms with Gasteiger partial charge in [-0.2, -0.15) is 0 Å². The number of aliphatic hydroxyl groups is 2. The Kier molecular flexibility index (Phi) is 7.09. The Labute approximate surface area is 125 Å². The summed E-state index contributed by atoms with van der Waals surface area (Å²) in [5, 5.41) is 20.4. The van der Waals surface area contributed by atoms with Crippen LogP contribution in [0.2, 0.25) is 5.15 Å². The third-order valence-corrected chi connectivity index (χ3v) is 4.04. The van der Waals surface area contributed by atoms with Crippen LogP contribution in [-0.4, -0.2) is 43.4 Å². The van der Waals surface area contributed by atoms with Crippen LogP contribution in [0.3, 0.4) is 0 Å². The Balaban J connectivity index is 2.65. The van der Waals surface area contributed by atoms with Crippen LogP contribution < -0.4 is 0 Å². The minimum Gasteiger partial charge on any atom is -0.390 e. The molecule has 2 N–H and O–H groups in total. The van der Waals surface area contributed by atoms with E-state index in [0.717, 1.165) is 11.8 Å². The lowest BCUT2D eigenvalue weighted by atomic mass is 10.1. The van der Waals surface area contributed by atoms with E-state index in [9.17, 15) is 15.0 Å². The smallest absolute Gasteiger partial charge is 0.188 e.